The standard InChI is InChI=1S/C12H23NO2/c1-10(2)4-3-7-13-8-5-11(6-9-13)12(14)15/h10-11H,3-9H2,1-2H3,(H,14,15). The second-order valence-electron chi connectivity index (χ2n) is 4.99. The van der Waals surface area contributed by atoms with Gasteiger partial charge in [0.05, 0.1) is 5.92 Å². The van der Waals surface area contributed by atoms with Crippen LogP contribution in [0.5, 0.6) is 0 Å². The molecule has 15 heavy (non-hydrogen) atoms. The molecule has 3 nitrogen and oxygen atoms in total. The first-order valence-corrected chi connectivity index (χ1v) is 6.04. The van der Waals surface area contributed by atoms with Crippen LogP contribution in [0.3, 0.4) is 0 Å². The van der Waals surface area contributed by atoms with Crippen molar-refractivity contribution in [2.24, 2.45) is 11.8 Å². The Bertz CT molecular complexity index is 196. The molecule has 0 aromatic heterocycles. The maximum atomic E-state index is 10.7. The van der Waals surface area contributed by atoms with Crippen LogP contribution in [0.4, 0.5) is 0 Å². The first-order valence-electron chi connectivity index (χ1n) is 6.04. The summed E-state index contributed by atoms with van der Waals surface area (Å²) in [5, 5.41) is 8.85. The molecule has 0 amide bonds. The molecule has 0 unspecified atom stereocenters. The summed E-state index contributed by atoms with van der Waals surface area (Å²) in [5.74, 6) is 0.0738. The van der Waals surface area contributed by atoms with Crippen molar-refractivity contribution in [3.05, 3.63) is 0 Å². The maximum Gasteiger partial charge on any atom is 0.306 e. The van der Waals surface area contributed by atoms with Gasteiger partial charge in [-0.1, -0.05) is 13.8 Å². The third kappa shape index (κ3) is 4.65. The van der Waals surface area contributed by atoms with Crippen molar-refractivity contribution >= 4 is 5.97 Å². The van der Waals surface area contributed by atoms with Crippen molar-refractivity contribution in [2.75, 3.05) is 19.6 Å². The lowest BCUT2D eigenvalue weighted by atomic mass is 9.97. The van der Waals surface area contributed by atoms with Crippen LogP contribution in [0.25, 0.3) is 0 Å². The van der Waals surface area contributed by atoms with Crippen LogP contribution in [-0.4, -0.2) is 35.6 Å². The van der Waals surface area contributed by atoms with E-state index in [9.17, 15) is 4.79 Å². The minimum absolute atomic E-state index is 0.0913. The quantitative estimate of drug-likeness (QED) is 0.761. The van der Waals surface area contributed by atoms with E-state index >= 15 is 0 Å². The van der Waals surface area contributed by atoms with Crippen LogP contribution in [0, 0.1) is 11.8 Å². The number of likely N-dealkylation sites (tertiary alicyclic amines) is 1. The Hall–Kier alpha value is -0.570. The van der Waals surface area contributed by atoms with E-state index in [1.54, 1.807) is 0 Å². The van der Waals surface area contributed by atoms with Gasteiger partial charge in [0.15, 0.2) is 0 Å². The van der Waals surface area contributed by atoms with Crippen molar-refractivity contribution in [3.8, 4) is 0 Å². The van der Waals surface area contributed by atoms with Crippen molar-refractivity contribution in [3.63, 3.8) is 0 Å². The summed E-state index contributed by atoms with van der Waals surface area (Å²) >= 11 is 0. The fourth-order valence-electron chi connectivity index (χ4n) is 2.13. The maximum absolute atomic E-state index is 10.7. The van der Waals surface area contributed by atoms with E-state index in [2.05, 4.69) is 18.7 Å². The molecule has 0 aromatic carbocycles. The normalized spacial score (nSPS) is 19.7. The zero-order chi connectivity index (χ0) is 11.3. The van der Waals surface area contributed by atoms with Gasteiger partial charge in [0, 0.05) is 0 Å². The number of rotatable bonds is 5. The Labute approximate surface area is 92.5 Å². The lowest BCUT2D eigenvalue weighted by Crippen LogP contribution is -2.36. The van der Waals surface area contributed by atoms with E-state index in [0.29, 0.717) is 0 Å². The van der Waals surface area contributed by atoms with Gasteiger partial charge in [-0.2, -0.15) is 0 Å². The van der Waals surface area contributed by atoms with Crippen LogP contribution < -0.4 is 0 Å². The molecule has 0 aliphatic carbocycles. The summed E-state index contributed by atoms with van der Waals surface area (Å²) in [7, 11) is 0. The van der Waals surface area contributed by atoms with Gasteiger partial charge in [-0.05, 0) is 51.2 Å². The van der Waals surface area contributed by atoms with Gasteiger partial charge in [0.2, 0.25) is 0 Å². The Morgan fingerprint density at radius 1 is 1.40 bits per heavy atom. The molecule has 1 aliphatic rings. The fraction of sp³-hybridized carbons (Fsp3) is 0.917. The molecule has 0 saturated carbocycles. The third-order valence-corrected chi connectivity index (χ3v) is 3.19. The van der Waals surface area contributed by atoms with Gasteiger partial charge in [0.25, 0.3) is 0 Å². The third-order valence-electron chi connectivity index (χ3n) is 3.19. The smallest absolute Gasteiger partial charge is 0.306 e. The minimum Gasteiger partial charge on any atom is -0.481 e. The fourth-order valence-corrected chi connectivity index (χ4v) is 2.13. The van der Waals surface area contributed by atoms with Gasteiger partial charge in [-0.25, -0.2) is 0 Å². The second-order valence-corrected chi connectivity index (χ2v) is 4.99. The van der Waals surface area contributed by atoms with Crippen molar-refractivity contribution < 1.29 is 9.90 Å². The van der Waals surface area contributed by atoms with Crippen LogP contribution in [-0.2, 0) is 4.79 Å². The molecule has 1 rings (SSSR count). The zero-order valence-electron chi connectivity index (χ0n) is 9.91. The lowest BCUT2D eigenvalue weighted by Gasteiger charge is -2.30. The first-order chi connectivity index (χ1) is 7.09. The minimum atomic E-state index is -0.614. The number of carboxylic acid groups (broad SMARTS) is 1. The monoisotopic (exact) mass is 213 g/mol. The SMILES string of the molecule is CC(C)CCCN1CCC(C(=O)O)CC1. The van der Waals surface area contributed by atoms with Crippen molar-refractivity contribution in [1.82, 2.24) is 4.90 Å². The highest BCUT2D eigenvalue weighted by Crippen LogP contribution is 2.17. The number of piperidine rings is 1. The molecule has 0 bridgehead atoms. The number of carboxylic acids is 1. The van der Waals surface area contributed by atoms with Crippen LogP contribution in [0.1, 0.15) is 39.5 Å². The Balaban J connectivity index is 2.12. The van der Waals surface area contributed by atoms with Gasteiger partial charge >= 0.3 is 5.97 Å². The molecule has 0 atom stereocenters. The molecule has 0 spiro atoms. The van der Waals surface area contributed by atoms with E-state index in [1.807, 2.05) is 0 Å². The van der Waals surface area contributed by atoms with Crippen molar-refractivity contribution in [1.29, 1.82) is 0 Å². The molecular formula is C12H23NO2. The topological polar surface area (TPSA) is 40.5 Å². The summed E-state index contributed by atoms with van der Waals surface area (Å²) in [6.45, 7) is 7.57. The Morgan fingerprint density at radius 3 is 2.47 bits per heavy atom. The van der Waals surface area contributed by atoms with Gasteiger partial charge < -0.3 is 10.0 Å². The lowest BCUT2D eigenvalue weighted by molar-refractivity contribution is -0.143. The number of nitrogens with zero attached hydrogens (tertiary/aromatic N) is 1. The van der Waals surface area contributed by atoms with Gasteiger partial charge in [-0.3, -0.25) is 4.79 Å². The van der Waals surface area contributed by atoms with E-state index in [4.69, 9.17) is 5.11 Å². The molecule has 1 fully saturated rings. The molecule has 0 radical (unpaired) electrons. The summed E-state index contributed by atoms with van der Waals surface area (Å²) in [5.41, 5.74) is 0. The van der Waals surface area contributed by atoms with E-state index in [-0.39, 0.29) is 5.92 Å². The number of hydrogen-bond donors (Lipinski definition) is 1. The van der Waals surface area contributed by atoms with E-state index in [1.165, 1.54) is 12.8 Å². The molecular weight excluding hydrogens is 190 g/mol. The van der Waals surface area contributed by atoms with Gasteiger partial charge in [-0.15, -0.1) is 0 Å². The van der Waals surface area contributed by atoms with Gasteiger partial charge in [0.1, 0.15) is 0 Å². The van der Waals surface area contributed by atoms with E-state index in [0.717, 1.165) is 38.4 Å². The molecule has 1 N–H and O–H groups in total. The summed E-state index contributed by atoms with van der Waals surface area (Å²) in [4.78, 5) is 13.2. The highest BCUT2D eigenvalue weighted by Gasteiger charge is 2.23. The van der Waals surface area contributed by atoms with Crippen LogP contribution in [0.15, 0.2) is 0 Å². The summed E-state index contributed by atoms with van der Waals surface area (Å²) in [6, 6.07) is 0. The summed E-state index contributed by atoms with van der Waals surface area (Å²) in [6.07, 6.45) is 4.18. The average Bonchev–Trinajstić information content (AvgIpc) is 2.18. The van der Waals surface area contributed by atoms with E-state index < -0.39 is 5.97 Å². The second kappa shape index (κ2) is 6.11. The molecule has 88 valence electrons. The van der Waals surface area contributed by atoms with Crippen molar-refractivity contribution in [2.45, 2.75) is 39.5 Å². The molecule has 0 aromatic rings. The molecule has 1 aliphatic heterocycles. The number of aliphatic carboxylic acids is 1. The van der Waals surface area contributed by atoms with Crippen LogP contribution in [0.2, 0.25) is 0 Å². The first kappa shape index (κ1) is 12.5. The highest BCUT2D eigenvalue weighted by molar-refractivity contribution is 5.70. The zero-order valence-corrected chi connectivity index (χ0v) is 9.91. The highest BCUT2D eigenvalue weighted by atomic mass is 16.4. The number of hydrogen-bond acceptors (Lipinski definition) is 2. The molecule has 1 saturated heterocycles. The predicted octanol–water partition coefficient (Wildman–Crippen LogP) is 2.22. The Morgan fingerprint density at radius 2 is 2.00 bits per heavy atom. The average molecular weight is 213 g/mol. The summed E-state index contributed by atoms with van der Waals surface area (Å²) < 4.78 is 0. The largest absolute Gasteiger partial charge is 0.481 e. The van der Waals surface area contributed by atoms with Crippen LogP contribution >= 0.6 is 0 Å². The Kier molecular flexibility index (Phi) is 5.09. The molecule has 1 heterocycles. The number of carbonyl (C=O) groups is 1. The predicted molar refractivity (Wildman–Crippen MR) is 60.9 cm³/mol. The molecule has 3 heteroatoms.